The van der Waals surface area contributed by atoms with Crippen LogP contribution in [0.2, 0.25) is 0 Å². The van der Waals surface area contributed by atoms with Crippen molar-refractivity contribution in [2.24, 2.45) is 0 Å². The molecule has 1 aromatic carbocycles. The maximum Gasteiger partial charge on any atom is 0.256 e. The number of nitrogen functional groups attached to an aromatic ring is 1. The topological polar surface area (TPSA) is 46.3 Å². The van der Waals surface area contributed by atoms with Crippen LogP contribution in [0.15, 0.2) is 12.1 Å². The molecular formula is C12H16F2N2O. The summed E-state index contributed by atoms with van der Waals surface area (Å²) in [7, 11) is 1.61. The van der Waals surface area contributed by atoms with E-state index in [1.54, 1.807) is 7.05 Å². The van der Waals surface area contributed by atoms with E-state index in [4.69, 9.17) is 5.73 Å². The molecule has 0 spiro atoms. The van der Waals surface area contributed by atoms with Crippen LogP contribution in [0.5, 0.6) is 0 Å². The molecule has 0 heterocycles. The molecule has 1 amide bonds. The molecule has 0 saturated heterocycles. The van der Waals surface area contributed by atoms with Gasteiger partial charge in [-0.25, -0.2) is 8.78 Å². The first-order valence-corrected chi connectivity index (χ1v) is 5.40. The van der Waals surface area contributed by atoms with E-state index >= 15 is 0 Å². The molecule has 0 radical (unpaired) electrons. The van der Waals surface area contributed by atoms with Gasteiger partial charge in [-0.2, -0.15) is 0 Å². The Morgan fingerprint density at radius 1 is 1.41 bits per heavy atom. The number of nitrogens with two attached hydrogens (primary N) is 1. The van der Waals surface area contributed by atoms with E-state index in [9.17, 15) is 13.6 Å². The van der Waals surface area contributed by atoms with Gasteiger partial charge in [-0.1, -0.05) is 6.92 Å². The van der Waals surface area contributed by atoms with Gasteiger partial charge >= 0.3 is 0 Å². The highest BCUT2D eigenvalue weighted by Gasteiger charge is 2.20. The fraction of sp³-hybridized carbons (Fsp3) is 0.417. The molecule has 5 heteroatoms. The number of hydrogen-bond donors (Lipinski definition) is 1. The first-order chi connectivity index (χ1) is 7.88. The third-order valence-corrected chi connectivity index (χ3v) is 2.90. The van der Waals surface area contributed by atoms with Crippen molar-refractivity contribution >= 4 is 11.6 Å². The zero-order chi connectivity index (χ0) is 13.2. The van der Waals surface area contributed by atoms with E-state index in [1.807, 2.05) is 13.8 Å². The zero-order valence-corrected chi connectivity index (χ0v) is 10.1. The molecule has 1 aromatic rings. The molecule has 1 rings (SSSR count). The van der Waals surface area contributed by atoms with Gasteiger partial charge in [0.15, 0.2) is 11.6 Å². The Morgan fingerprint density at radius 3 is 2.47 bits per heavy atom. The predicted molar refractivity (Wildman–Crippen MR) is 62.6 cm³/mol. The van der Waals surface area contributed by atoms with Crippen LogP contribution in [0.3, 0.4) is 0 Å². The number of halogens is 2. The largest absolute Gasteiger partial charge is 0.398 e. The predicted octanol–water partition coefficient (Wildman–Crippen LogP) is 2.42. The van der Waals surface area contributed by atoms with Crippen LogP contribution in [-0.2, 0) is 0 Å². The van der Waals surface area contributed by atoms with Crippen LogP contribution in [0, 0.1) is 11.6 Å². The van der Waals surface area contributed by atoms with Gasteiger partial charge in [0.25, 0.3) is 5.91 Å². The average Bonchev–Trinajstić information content (AvgIpc) is 2.31. The van der Waals surface area contributed by atoms with Crippen LogP contribution in [0.25, 0.3) is 0 Å². The molecule has 1 atom stereocenters. The van der Waals surface area contributed by atoms with Crippen molar-refractivity contribution in [1.82, 2.24) is 4.90 Å². The molecule has 0 aliphatic heterocycles. The first-order valence-electron chi connectivity index (χ1n) is 5.40. The summed E-state index contributed by atoms with van der Waals surface area (Å²) < 4.78 is 25.9. The quantitative estimate of drug-likeness (QED) is 0.827. The summed E-state index contributed by atoms with van der Waals surface area (Å²) in [6.45, 7) is 3.80. The molecule has 0 aromatic heterocycles. The Labute approximate surface area is 99.2 Å². The summed E-state index contributed by atoms with van der Waals surface area (Å²) in [6.07, 6.45) is 0.770. The van der Waals surface area contributed by atoms with E-state index in [1.165, 1.54) is 4.90 Å². The lowest BCUT2D eigenvalue weighted by Crippen LogP contribution is -2.35. The van der Waals surface area contributed by atoms with Crippen molar-refractivity contribution in [2.45, 2.75) is 26.3 Å². The summed E-state index contributed by atoms with van der Waals surface area (Å²) in [6, 6.07) is 1.67. The van der Waals surface area contributed by atoms with Crippen molar-refractivity contribution in [3.63, 3.8) is 0 Å². The number of rotatable bonds is 3. The van der Waals surface area contributed by atoms with Crippen molar-refractivity contribution in [2.75, 3.05) is 12.8 Å². The van der Waals surface area contributed by atoms with Gasteiger partial charge < -0.3 is 10.6 Å². The van der Waals surface area contributed by atoms with Crippen LogP contribution in [0.1, 0.15) is 30.6 Å². The SMILES string of the molecule is CCC(C)N(C)C(=O)c1cc(F)c(F)cc1N. The van der Waals surface area contributed by atoms with E-state index in [0.717, 1.165) is 18.6 Å². The molecule has 17 heavy (non-hydrogen) atoms. The summed E-state index contributed by atoms with van der Waals surface area (Å²) in [5.74, 6) is -2.53. The fourth-order valence-corrected chi connectivity index (χ4v) is 1.41. The highest BCUT2D eigenvalue weighted by Crippen LogP contribution is 2.19. The summed E-state index contributed by atoms with van der Waals surface area (Å²) in [5, 5.41) is 0. The van der Waals surface area contributed by atoms with Gasteiger partial charge in [0.2, 0.25) is 0 Å². The number of benzene rings is 1. The smallest absolute Gasteiger partial charge is 0.256 e. The molecule has 0 saturated carbocycles. The Bertz CT molecular complexity index is 435. The lowest BCUT2D eigenvalue weighted by Gasteiger charge is -2.24. The van der Waals surface area contributed by atoms with Crippen molar-refractivity contribution in [1.29, 1.82) is 0 Å². The lowest BCUT2D eigenvalue weighted by molar-refractivity contribution is 0.0741. The summed E-state index contributed by atoms with van der Waals surface area (Å²) >= 11 is 0. The number of anilines is 1. The lowest BCUT2D eigenvalue weighted by atomic mass is 10.1. The highest BCUT2D eigenvalue weighted by molar-refractivity contribution is 5.99. The van der Waals surface area contributed by atoms with Crippen LogP contribution in [0.4, 0.5) is 14.5 Å². The van der Waals surface area contributed by atoms with Crippen LogP contribution in [-0.4, -0.2) is 23.9 Å². The van der Waals surface area contributed by atoms with Crippen LogP contribution < -0.4 is 5.73 Å². The Morgan fingerprint density at radius 2 is 1.94 bits per heavy atom. The van der Waals surface area contributed by atoms with Gasteiger partial charge in [-0.15, -0.1) is 0 Å². The van der Waals surface area contributed by atoms with Gasteiger partial charge in [-0.3, -0.25) is 4.79 Å². The monoisotopic (exact) mass is 242 g/mol. The standard InChI is InChI=1S/C12H16F2N2O/c1-4-7(2)16(3)12(17)8-5-9(13)10(14)6-11(8)15/h5-7H,4,15H2,1-3H3. The average molecular weight is 242 g/mol. The van der Waals surface area contributed by atoms with Crippen molar-refractivity contribution in [3.8, 4) is 0 Å². The second kappa shape index (κ2) is 5.12. The Kier molecular flexibility index (Phi) is 4.04. The number of amides is 1. The maximum absolute atomic E-state index is 13.1. The number of carbonyl (C=O) groups excluding carboxylic acids is 1. The minimum atomic E-state index is -1.07. The normalized spacial score (nSPS) is 12.3. The second-order valence-electron chi connectivity index (χ2n) is 4.03. The second-order valence-corrected chi connectivity index (χ2v) is 4.03. The van der Waals surface area contributed by atoms with E-state index in [-0.39, 0.29) is 17.3 Å². The minimum absolute atomic E-state index is 0.00769. The van der Waals surface area contributed by atoms with Gasteiger partial charge in [0.1, 0.15) is 0 Å². The summed E-state index contributed by atoms with van der Waals surface area (Å²) in [5.41, 5.74) is 5.46. The number of nitrogens with zero attached hydrogens (tertiary/aromatic N) is 1. The maximum atomic E-state index is 13.1. The third-order valence-electron chi connectivity index (χ3n) is 2.90. The molecule has 0 aliphatic rings. The molecule has 2 N–H and O–H groups in total. The van der Waals surface area contributed by atoms with E-state index in [2.05, 4.69) is 0 Å². The molecular weight excluding hydrogens is 226 g/mol. The first kappa shape index (κ1) is 13.4. The van der Waals surface area contributed by atoms with Crippen molar-refractivity contribution < 1.29 is 13.6 Å². The number of carbonyl (C=O) groups is 1. The highest BCUT2D eigenvalue weighted by atomic mass is 19.2. The third kappa shape index (κ3) is 2.72. The molecule has 3 nitrogen and oxygen atoms in total. The van der Waals surface area contributed by atoms with Gasteiger partial charge in [0.05, 0.1) is 5.56 Å². The fourth-order valence-electron chi connectivity index (χ4n) is 1.41. The molecule has 0 aliphatic carbocycles. The molecule has 94 valence electrons. The Balaban J connectivity index is 3.08. The van der Waals surface area contributed by atoms with Crippen molar-refractivity contribution in [3.05, 3.63) is 29.3 Å². The van der Waals surface area contributed by atoms with E-state index < -0.39 is 17.5 Å². The van der Waals surface area contributed by atoms with Gasteiger partial charge in [0, 0.05) is 24.8 Å². The molecule has 1 unspecified atom stereocenters. The molecule has 0 fully saturated rings. The zero-order valence-electron chi connectivity index (χ0n) is 10.1. The number of hydrogen-bond acceptors (Lipinski definition) is 2. The minimum Gasteiger partial charge on any atom is -0.398 e. The van der Waals surface area contributed by atoms with Crippen LogP contribution >= 0.6 is 0 Å². The summed E-state index contributed by atoms with van der Waals surface area (Å²) in [4.78, 5) is 13.4. The van der Waals surface area contributed by atoms with E-state index in [0.29, 0.717) is 0 Å². The molecule has 0 bridgehead atoms. The van der Waals surface area contributed by atoms with Gasteiger partial charge in [-0.05, 0) is 19.4 Å². The Hall–Kier alpha value is -1.65.